The molecule has 1 rings (SSSR count). The molecule has 0 aliphatic rings. The van der Waals surface area contributed by atoms with E-state index in [0.29, 0.717) is 19.8 Å². The molecule has 0 fully saturated rings. The molecule has 0 amide bonds. The third kappa shape index (κ3) is 3.43. The normalized spacial score (nSPS) is 10.0. The van der Waals surface area contributed by atoms with E-state index < -0.39 is 0 Å². The van der Waals surface area contributed by atoms with Crippen molar-refractivity contribution in [3.8, 4) is 17.2 Å². The van der Waals surface area contributed by atoms with Gasteiger partial charge in [-0.15, -0.1) is 0 Å². The number of benzene rings is 1. The quantitative estimate of drug-likeness (QED) is 0.745. The first kappa shape index (κ1) is 13.4. The van der Waals surface area contributed by atoms with Gasteiger partial charge >= 0.3 is 0 Å². The second kappa shape index (κ2) is 6.83. The number of ether oxygens (including phenoxy) is 3. The van der Waals surface area contributed by atoms with Gasteiger partial charge in [-0.25, -0.2) is 0 Å². The molecule has 0 aromatic heterocycles. The predicted octanol–water partition coefficient (Wildman–Crippen LogP) is 3.49. The van der Waals surface area contributed by atoms with E-state index in [2.05, 4.69) is 22.6 Å². The first-order valence-corrected chi connectivity index (χ1v) is 6.52. The van der Waals surface area contributed by atoms with Gasteiger partial charge in [0.25, 0.3) is 0 Å². The molecule has 0 unspecified atom stereocenters. The fourth-order valence-electron chi connectivity index (χ4n) is 1.32. The zero-order valence-corrected chi connectivity index (χ0v) is 12.0. The summed E-state index contributed by atoms with van der Waals surface area (Å²) in [5.41, 5.74) is 0. The van der Waals surface area contributed by atoms with Crippen LogP contribution in [0.1, 0.15) is 20.8 Å². The standard InChI is InChI=1S/C12H17IO3/c1-4-14-10-8-12(16-6-3)11(15-5-2)7-9(10)13/h7-8H,4-6H2,1-3H3. The maximum atomic E-state index is 5.52. The molecule has 0 spiro atoms. The van der Waals surface area contributed by atoms with Crippen LogP contribution in [-0.4, -0.2) is 19.8 Å². The highest BCUT2D eigenvalue weighted by Crippen LogP contribution is 2.35. The minimum atomic E-state index is 0.617. The van der Waals surface area contributed by atoms with Gasteiger partial charge in [0.15, 0.2) is 11.5 Å². The molecule has 0 saturated heterocycles. The number of hydrogen-bond donors (Lipinski definition) is 0. The van der Waals surface area contributed by atoms with Crippen molar-refractivity contribution in [2.45, 2.75) is 20.8 Å². The molecule has 0 aliphatic carbocycles. The van der Waals surface area contributed by atoms with E-state index in [-0.39, 0.29) is 0 Å². The topological polar surface area (TPSA) is 27.7 Å². The third-order valence-electron chi connectivity index (χ3n) is 1.90. The van der Waals surface area contributed by atoms with Gasteiger partial charge in [0.1, 0.15) is 5.75 Å². The Kier molecular flexibility index (Phi) is 5.73. The average Bonchev–Trinajstić information content (AvgIpc) is 2.25. The van der Waals surface area contributed by atoms with Crippen molar-refractivity contribution < 1.29 is 14.2 Å². The van der Waals surface area contributed by atoms with Crippen molar-refractivity contribution in [3.05, 3.63) is 15.7 Å². The molecule has 0 aliphatic heterocycles. The van der Waals surface area contributed by atoms with Crippen molar-refractivity contribution in [3.63, 3.8) is 0 Å². The maximum absolute atomic E-state index is 5.52. The Balaban J connectivity index is 3.03. The molecule has 0 atom stereocenters. The maximum Gasteiger partial charge on any atom is 0.164 e. The minimum Gasteiger partial charge on any atom is -0.493 e. The van der Waals surface area contributed by atoms with Gasteiger partial charge in [0, 0.05) is 12.1 Å². The molecule has 1 aromatic rings. The van der Waals surface area contributed by atoms with Gasteiger partial charge in [-0.05, 0) is 43.4 Å². The summed E-state index contributed by atoms with van der Waals surface area (Å²) < 4.78 is 17.6. The second-order valence-corrected chi connectivity index (χ2v) is 4.19. The summed E-state index contributed by atoms with van der Waals surface area (Å²) in [5, 5.41) is 0. The monoisotopic (exact) mass is 336 g/mol. The number of hydrogen-bond acceptors (Lipinski definition) is 3. The van der Waals surface area contributed by atoms with Crippen molar-refractivity contribution in [1.29, 1.82) is 0 Å². The Labute approximate surface area is 110 Å². The summed E-state index contributed by atoms with van der Waals surface area (Å²) in [6, 6.07) is 3.83. The van der Waals surface area contributed by atoms with Crippen molar-refractivity contribution in [2.75, 3.05) is 19.8 Å². The minimum absolute atomic E-state index is 0.617. The van der Waals surface area contributed by atoms with E-state index in [9.17, 15) is 0 Å². The molecule has 0 saturated carbocycles. The van der Waals surface area contributed by atoms with E-state index in [4.69, 9.17) is 14.2 Å². The lowest BCUT2D eigenvalue weighted by Crippen LogP contribution is -2.01. The molecule has 90 valence electrons. The van der Waals surface area contributed by atoms with Gasteiger partial charge in [0.05, 0.1) is 23.4 Å². The Bertz CT molecular complexity index is 339. The van der Waals surface area contributed by atoms with Crippen LogP contribution in [0.3, 0.4) is 0 Å². The Hall–Kier alpha value is -0.650. The highest BCUT2D eigenvalue weighted by Gasteiger charge is 2.10. The highest BCUT2D eigenvalue weighted by molar-refractivity contribution is 14.1. The summed E-state index contributed by atoms with van der Waals surface area (Å²) in [6.07, 6.45) is 0. The van der Waals surface area contributed by atoms with Crippen molar-refractivity contribution in [1.82, 2.24) is 0 Å². The molecule has 0 radical (unpaired) electrons. The summed E-state index contributed by atoms with van der Waals surface area (Å²) in [5.74, 6) is 2.36. The largest absolute Gasteiger partial charge is 0.493 e. The molecular formula is C12H17IO3. The van der Waals surface area contributed by atoms with Crippen LogP contribution in [-0.2, 0) is 0 Å². The van der Waals surface area contributed by atoms with Crippen LogP contribution in [0.4, 0.5) is 0 Å². The van der Waals surface area contributed by atoms with E-state index in [0.717, 1.165) is 20.8 Å². The first-order chi connectivity index (χ1) is 7.72. The van der Waals surface area contributed by atoms with E-state index in [1.807, 2.05) is 32.9 Å². The van der Waals surface area contributed by atoms with Crippen LogP contribution in [0.5, 0.6) is 17.2 Å². The van der Waals surface area contributed by atoms with Gasteiger partial charge < -0.3 is 14.2 Å². The summed E-state index contributed by atoms with van der Waals surface area (Å²) in [7, 11) is 0. The summed E-state index contributed by atoms with van der Waals surface area (Å²) >= 11 is 2.23. The lowest BCUT2D eigenvalue weighted by molar-refractivity contribution is 0.282. The van der Waals surface area contributed by atoms with Gasteiger partial charge in [-0.2, -0.15) is 0 Å². The third-order valence-corrected chi connectivity index (χ3v) is 2.74. The fourth-order valence-corrected chi connectivity index (χ4v) is 1.91. The molecule has 0 bridgehead atoms. The van der Waals surface area contributed by atoms with Gasteiger partial charge in [-0.3, -0.25) is 0 Å². The smallest absolute Gasteiger partial charge is 0.164 e. The van der Waals surface area contributed by atoms with Crippen LogP contribution in [0, 0.1) is 3.57 Å². The summed E-state index contributed by atoms with van der Waals surface area (Å²) in [4.78, 5) is 0. The van der Waals surface area contributed by atoms with Crippen LogP contribution in [0.15, 0.2) is 12.1 Å². The van der Waals surface area contributed by atoms with E-state index in [1.165, 1.54) is 0 Å². The van der Waals surface area contributed by atoms with E-state index >= 15 is 0 Å². The zero-order chi connectivity index (χ0) is 12.0. The summed E-state index contributed by atoms with van der Waals surface area (Å²) in [6.45, 7) is 7.77. The molecule has 16 heavy (non-hydrogen) atoms. The molecule has 0 heterocycles. The lowest BCUT2D eigenvalue weighted by atomic mass is 10.3. The Morgan fingerprint density at radius 2 is 1.25 bits per heavy atom. The Morgan fingerprint density at radius 3 is 1.75 bits per heavy atom. The van der Waals surface area contributed by atoms with Gasteiger partial charge in [0.2, 0.25) is 0 Å². The number of rotatable bonds is 6. The fraction of sp³-hybridized carbons (Fsp3) is 0.500. The number of halogens is 1. The van der Waals surface area contributed by atoms with Crippen LogP contribution in [0.2, 0.25) is 0 Å². The second-order valence-electron chi connectivity index (χ2n) is 3.03. The molecule has 4 heteroatoms. The Morgan fingerprint density at radius 1 is 0.812 bits per heavy atom. The van der Waals surface area contributed by atoms with Crippen molar-refractivity contribution in [2.24, 2.45) is 0 Å². The van der Waals surface area contributed by atoms with Crippen molar-refractivity contribution >= 4 is 22.6 Å². The molecule has 0 N–H and O–H groups in total. The lowest BCUT2D eigenvalue weighted by Gasteiger charge is -2.14. The SMILES string of the molecule is CCOc1cc(OCC)c(OCC)cc1I. The van der Waals surface area contributed by atoms with Crippen LogP contribution in [0.25, 0.3) is 0 Å². The van der Waals surface area contributed by atoms with Gasteiger partial charge in [-0.1, -0.05) is 0 Å². The molecule has 3 nitrogen and oxygen atoms in total. The molecular weight excluding hydrogens is 319 g/mol. The molecule has 1 aromatic carbocycles. The van der Waals surface area contributed by atoms with Crippen LogP contribution >= 0.6 is 22.6 Å². The highest BCUT2D eigenvalue weighted by atomic mass is 127. The predicted molar refractivity (Wildman–Crippen MR) is 72.7 cm³/mol. The zero-order valence-electron chi connectivity index (χ0n) is 9.88. The van der Waals surface area contributed by atoms with Crippen LogP contribution < -0.4 is 14.2 Å². The average molecular weight is 336 g/mol. The van der Waals surface area contributed by atoms with E-state index in [1.54, 1.807) is 0 Å². The first-order valence-electron chi connectivity index (χ1n) is 5.44.